The van der Waals surface area contributed by atoms with Gasteiger partial charge in [-0.1, -0.05) is 6.92 Å². The number of likely N-dealkylation sites (N-methyl/N-ethyl adjacent to an activating group) is 1. The van der Waals surface area contributed by atoms with Crippen LogP contribution in [0.15, 0.2) is 52.3 Å². The molecule has 33 heavy (non-hydrogen) atoms. The molecule has 2 atom stereocenters. The van der Waals surface area contributed by atoms with Crippen LogP contribution in [0.4, 0.5) is 5.82 Å². The van der Waals surface area contributed by atoms with E-state index in [0.717, 1.165) is 48.9 Å². The first kappa shape index (κ1) is 23.5. The molecule has 4 heterocycles. The summed E-state index contributed by atoms with van der Waals surface area (Å²) in [5.74, 6) is 0.730. The van der Waals surface area contributed by atoms with Crippen molar-refractivity contribution >= 4 is 21.5 Å². The van der Waals surface area contributed by atoms with Crippen molar-refractivity contribution in [3.05, 3.63) is 53.1 Å². The van der Waals surface area contributed by atoms with Crippen LogP contribution in [0.2, 0.25) is 0 Å². The second kappa shape index (κ2) is 9.66. The lowest BCUT2D eigenvalue weighted by atomic mass is 10.1. The van der Waals surface area contributed by atoms with Crippen LogP contribution >= 0.6 is 0 Å². The van der Waals surface area contributed by atoms with Crippen molar-refractivity contribution in [3.63, 3.8) is 0 Å². The van der Waals surface area contributed by atoms with E-state index in [1.807, 2.05) is 19.4 Å². The van der Waals surface area contributed by atoms with Gasteiger partial charge in [0.25, 0.3) is 0 Å². The lowest BCUT2D eigenvalue weighted by molar-refractivity contribution is 0.198. The molecular formula is C23H32N6O3S. The molecule has 2 aliphatic rings. The number of sulfonamides is 1. The van der Waals surface area contributed by atoms with Crippen LogP contribution < -0.4 is 20.3 Å². The molecule has 10 heteroatoms. The van der Waals surface area contributed by atoms with Crippen molar-refractivity contribution in [2.75, 3.05) is 31.6 Å². The summed E-state index contributed by atoms with van der Waals surface area (Å²) in [6, 6.07) is 5.66. The largest absolute Gasteiger partial charge is 0.392 e. The second-order valence-corrected chi connectivity index (χ2v) is 10.5. The van der Waals surface area contributed by atoms with Crippen molar-refractivity contribution in [2.24, 2.45) is 4.99 Å². The zero-order valence-electron chi connectivity index (χ0n) is 19.3. The Morgan fingerprint density at radius 1 is 1.36 bits per heavy atom. The molecule has 9 nitrogen and oxygen atoms in total. The number of H-pyrrole nitrogens is 1. The smallest absolute Gasteiger partial charge is 0.242 e. The molecule has 0 aromatic carbocycles. The second-order valence-electron chi connectivity index (χ2n) is 8.69. The lowest BCUT2D eigenvalue weighted by Gasteiger charge is -2.27. The van der Waals surface area contributed by atoms with Crippen LogP contribution in [0.3, 0.4) is 0 Å². The molecule has 0 spiro atoms. The van der Waals surface area contributed by atoms with E-state index in [4.69, 9.17) is 0 Å². The van der Waals surface area contributed by atoms with Crippen LogP contribution in [-0.4, -0.2) is 67.2 Å². The third kappa shape index (κ3) is 5.13. The Morgan fingerprint density at radius 2 is 2.18 bits per heavy atom. The highest BCUT2D eigenvalue weighted by molar-refractivity contribution is 7.89. The van der Waals surface area contributed by atoms with Crippen LogP contribution in [0.1, 0.15) is 33.1 Å². The summed E-state index contributed by atoms with van der Waals surface area (Å²) < 4.78 is 27.1. The minimum Gasteiger partial charge on any atom is -0.392 e. The van der Waals surface area contributed by atoms with Gasteiger partial charge < -0.3 is 19.9 Å². The zero-order valence-corrected chi connectivity index (χ0v) is 20.1. The number of hydrogen-bond donors (Lipinski definition) is 3. The number of pyridine rings is 1. The minimum absolute atomic E-state index is 0.0359. The number of anilines is 1. The van der Waals surface area contributed by atoms with Gasteiger partial charge in [0.1, 0.15) is 16.2 Å². The van der Waals surface area contributed by atoms with Gasteiger partial charge in [0, 0.05) is 68.7 Å². The summed E-state index contributed by atoms with van der Waals surface area (Å²) in [6.45, 7) is 5.47. The van der Waals surface area contributed by atoms with Gasteiger partial charge in [0.2, 0.25) is 10.0 Å². The minimum atomic E-state index is -3.69. The Hall–Kier alpha value is -2.69. The Kier molecular flexibility index (Phi) is 6.87. The maximum atomic E-state index is 12.3. The van der Waals surface area contributed by atoms with Gasteiger partial charge in [0.15, 0.2) is 0 Å². The summed E-state index contributed by atoms with van der Waals surface area (Å²) in [5.41, 5.74) is 3.53. The third-order valence-electron chi connectivity index (χ3n) is 6.31. The van der Waals surface area contributed by atoms with Gasteiger partial charge >= 0.3 is 0 Å². The van der Waals surface area contributed by atoms with E-state index < -0.39 is 16.1 Å². The van der Waals surface area contributed by atoms with Crippen LogP contribution in [0, 0.1) is 0 Å². The van der Waals surface area contributed by atoms with Gasteiger partial charge in [0.05, 0.1) is 6.10 Å². The Labute approximate surface area is 194 Å². The summed E-state index contributed by atoms with van der Waals surface area (Å²) in [6.07, 6.45) is 7.39. The van der Waals surface area contributed by atoms with Crippen LogP contribution in [-0.2, 0) is 10.0 Å². The fourth-order valence-corrected chi connectivity index (χ4v) is 5.32. The summed E-state index contributed by atoms with van der Waals surface area (Å²) in [4.78, 5) is 16.9. The number of aromatic nitrogens is 2. The van der Waals surface area contributed by atoms with Gasteiger partial charge in [-0.25, -0.2) is 23.1 Å². The molecule has 1 fully saturated rings. The highest BCUT2D eigenvalue weighted by Crippen LogP contribution is 2.27. The molecule has 0 aliphatic carbocycles. The molecule has 178 valence electrons. The van der Waals surface area contributed by atoms with E-state index in [1.165, 1.54) is 24.4 Å². The average Bonchev–Trinajstić information content (AvgIpc) is 3.45. The van der Waals surface area contributed by atoms with E-state index >= 15 is 0 Å². The molecule has 2 aromatic rings. The van der Waals surface area contributed by atoms with Gasteiger partial charge in [-0.2, -0.15) is 0 Å². The molecule has 1 saturated heterocycles. The number of hydrogen-bond acceptors (Lipinski definition) is 7. The molecule has 2 aromatic heterocycles. The van der Waals surface area contributed by atoms with Crippen molar-refractivity contribution in [2.45, 2.75) is 50.2 Å². The number of nitrogens with zero attached hydrogens (tertiary/aromatic N) is 4. The highest BCUT2D eigenvalue weighted by atomic mass is 32.2. The van der Waals surface area contributed by atoms with E-state index in [-0.39, 0.29) is 17.5 Å². The highest BCUT2D eigenvalue weighted by Gasteiger charge is 2.29. The van der Waals surface area contributed by atoms with Gasteiger partial charge in [-0.3, -0.25) is 0 Å². The first-order valence-electron chi connectivity index (χ1n) is 11.3. The first-order chi connectivity index (χ1) is 15.8. The van der Waals surface area contributed by atoms with E-state index in [2.05, 4.69) is 42.5 Å². The molecule has 0 saturated carbocycles. The van der Waals surface area contributed by atoms with Crippen LogP contribution in [0.25, 0.3) is 5.70 Å². The van der Waals surface area contributed by atoms with Crippen molar-refractivity contribution in [1.82, 2.24) is 19.6 Å². The standard InChI is InChI=1S/C23H32N6O3S/c1-4-17-11-21(20-7-9-24-23(20)26-13-17)29-10-8-18(15-29)28(3)22-6-5-19(14-25-22)33(31,32)27-12-16(2)30/h5-7,9,13-14,16,18,27,30H,4,8,10-12,15H2,1-3H3,(H,24,26). The predicted octanol–water partition coefficient (Wildman–Crippen LogP) is 0.705. The third-order valence-corrected chi connectivity index (χ3v) is 7.72. The molecular weight excluding hydrogens is 440 g/mol. The number of fused-ring (bicyclic) bond motifs is 1. The fourth-order valence-electron chi connectivity index (χ4n) is 4.25. The predicted molar refractivity (Wildman–Crippen MR) is 127 cm³/mol. The number of aliphatic hydroxyl groups excluding tert-OH is 1. The van der Waals surface area contributed by atoms with E-state index in [1.54, 1.807) is 12.1 Å². The first-order valence-corrected chi connectivity index (χ1v) is 12.8. The van der Waals surface area contributed by atoms with Gasteiger partial charge in [-0.05, 0) is 43.5 Å². The normalized spacial score (nSPS) is 19.5. The summed E-state index contributed by atoms with van der Waals surface area (Å²) >= 11 is 0. The fraction of sp³-hybridized carbons (Fsp3) is 0.478. The number of nitrogens with one attached hydrogen (secondary N) is 2. The molecule has 0 bridgehead atoms. The maximum absolute atomic E-state index is 12.3. The van der Waals surface area contributed by atoms with Crippen molar-refractivity contribution < 1.29 is 13.5 Å². The quantitative estimate of drug-likeness (QED) is 0.521. The number of aromatic amines is 1. The van der Waals surface area contributed by atoms with Crippen LogP contribution in [0.5, 0.6) is 0 Å². The zero-order chi connectivity index (χ0) is 23.6. The van der Waals surface area contributed by atoms with E-state index in [0.29, 0.717) is 0 Å². The molecule has 2 unspecified atom stereocenters. The Bertz CT molecular complexity index is 1230. The number of aliphatic hydroxyl groups is 1. The molecule has 0 radical (unpaired) electrons. The van der Waals surface area contributed by atoms with Crippen molar-refractivity contribution in [3.8, 4) is 0 Å². The Morgan fingerprint density at radius 3 is 2.88 bits per heavy atom. The SMILES string of the molecule is CCC1=CN=c2[nH]ccc2=C(N2CCC(N(C)c3ccc(S(=O)(=O)NCC(C)O)cn3)C2)C1. The average molecular weight is 473 g/mol. The summed E-state index contributed by atoms with van der Waals surface area (Å²) in [5, 5.41) is 10.5. The molecule has 4 rings (SSSR count). The summed E-state index contributed by atoms with van der Waals surface area (Å²) in [7, 11) is -1.69. The van der Waals surface area contributed by atoms with E-state index in [9.17, 15) is 13.5 Å². The van der Waals surface area contributed by atoms with Gasteiger partial charge in [-0.15, -0.1) is 0 Å². The van der Waals surface area contributed by atoms with Crippen molar-refractivity contribution in [1.29, 1.82) is 0 Å². The number of rotatable bonds is 8. The molecule has 3 N–H and O–H groups in total. The topological polar surface area (TPSA) is 114 Å². The Balaban J connectivity index is 1.48. The maximum Gasteiger partial charge on any atom is 0.242 e. The monoisotopic (exact) mass is 472 g/mol. The molecule has 2 aliphatic heterocycles. The molecule has 0 amide bonds. The lowest BCUT2D eigenvalue weighted by Crippen LogP contribution is -2.37. The number of likely N-dealkylation sites (tertiary alicyclic amines) is 1.